The maximum absolute atomic E-state index is 10.4. The van der Waals surface area contributed by atoms with Crippen LogP contribution in [0.4, 0.5) is 17.5 Å². The van der Waals surface area contributed by atoms with E-state index in [1.807, 2.05) is 0 Å². The number of aromatic nitrogens is 2. The fourth-order valence-corrected chi connectivity index (χ4v) is 1.01. The molecule has 0 saturated heterocycles. The molecule has 0 aromatic carbocycles. The molecule has 0 spiro atoms. The van der Waals surface area contributed by atoms with Crippen molar-refractivity contribution in [1.29, 1.82) is 0 Å². The maximum atomic E-state index is 10.4. The van der Waals surface area contributed by atoms with Crippen LogP contribution >= 0.6 is 0 Å². The molecule has 7 nitrogen and oxygen atoms in total. The Kier molecular flexibility index (Phi) is 1.91. The number of nitrogens with zero attached hydrogens (tertiary/aromatic N) is 3. The lowest BCUT2D eigenvalue weighted by Crippen LogP contribution is -2.08. The molecule has 0 amide bonds. The molecule has 14 heavy (non-hydrogen) atoms. The summed E-state index contributed by atoms with van der Waals surface area (Å²) in [6.45, 7) is 0. The van der Waals surface area contributed by atoms with E-state index in [-0.39, 0.29) is 11.5 Å². The van der Waals surface area contributed by atoms with Gasteiger partial charge in [-0.15, -0.1) is 0 Å². The topological polar surface area (TPSA) is 107 Å². The van der Waals surface area contributed by atoms with E-state index in [0.29, 0.717) is 12.0 Å². The fraction of sp³-hybridized carbons (Fsp3) is 0.429. The maximum Gasteiger partial charge on any atom is 0.329 e. The molecule has 74 valence electrons. The zero-order valence-electron chi connectivity index (χ0n) is 7.30. The number of nitrogens with two attached hydrogens (primary N) is 1. The van der Waals surface area contributed by atoms with Crippen molar-refractivity contribution < 1.29 is 4.92 Å². The molecule has 0 bridgehead atoms. The minimum absolute atomic E-state index is 0.104. The van der Waals surface area contributed by atoms with Crippen LogP contribution in [0.25, 0.3) is 0 Å². The highest BCUT2D eigenvalue weighted by molar-refractivity contribution is 5.53. The highest BCUT2D eigenvalue weighted by atomic mass is 16.6. The van der Waals surface area contributed by atoms with Crippen molar-refractivity contribution in [2.75, 3.05) is 11.1 Å². The van der Waals surface area contributed by atoms with Crippen molar-refractivity contribution in [1.82, 2.24) is 9.97 Å². The van der Waals surface area contributed by atoms with E-state index in [1.165, 1.54) is 0 Å². The molecule has 7 heteroatoms. The van der Waals surface area contributed by atoms with Gasteiger partial charge in [0.1, 0.15) is 6.20 Å². The second-order valence-electron chi connectivity index (χ2n) is 3.14. The van der Waals surface area contributed by atoms with Gasteiger partial charge in [0.05, 0.1) is 4.92 Å². The molecule has 1 aliphatic rings. The monoisotopic (exact) mass is 195 g/mol. The summed E-state index contributed by atoms with van der Waals surface area (Å²) in [5.74, 6) is 0.253. The van der Waals surface area contributed by atoms with Crippen molar-refractivity contribution in [3.63, 3.8) is 0 Å². The largest absolute Gasteiger partial charge is 0.378 e. The molecular weight excluding hydrogens is 186 g/mol. The molecule has 1 aromatic heterocycles. The molecule has 3 N–H and O–H groups in total. The van der Waals surface area contributed by atoms with Gasteiger partial charge in [-0.25, -0.2) is 4.98 Å². The molecule has 1 heterocycles. The molecule has 1 aromatic rings. The van der Waals surface area contributed by atoms with Crippen LogP contribution in [0.3, 0.4) is 0 Å². The van der Waals surface area contributed by atoms with Gasteiger partial charge in [-0.05, 0) is 12.8 Å². The van der Waals surface area contributed by atoms with Gasteiger partial charge >= 0.3 is 5.69 Å². The standard InChI is InChI=1S/C7H9N5O2/c8-6-5(12(13)14)3-9-7(11-6)10-4-1-2-4/h3-4H,1-2H2,(H3,8,9,10,11). The van der Waals surface area contributed by atoms with Gasteiger partial charge in [0, 0.05) is 6.04 Å². The van der Waals surface area contributed by atoms with Gasteiger partial charge in [0.2, 0.25) is 11.8 Å². The number of nitrogens with one attached hydrogen (secondary N) is 1. The molecule has 0 aliphatic heterocycles. The molecule has 2 rings (SSSR count). The van der Waals surface area contributed by atoms with E-state index in [9.17, 15) is 10.1 Å². The Balaban J connectivity index is 2.20. The van der Waals surface area contributed by atoms with Gasteiger partial charge in [-0.2, -0.15) is 4.98 Å². The average Bonchev–Trinajstić information content (AvgIpc) is 2.87. The van der Waals surface area contributed by atoms with Gasteiger partial charge in [-0.1, -0.05) is 0 Å². The summed E-state index contributed by atoms with van der Waals surface area (Å²) in [4.78, 5) is 17.4. The van der Waals surface area contributed by atoms with Gasteiger partial charge in [-0.3, -0.25) is 10.1 Å². The number of hydrogen-bond acceptors (Lipinski definition) is 6. The van der Waals surface area contributed by atoms with Crippen molar-refractivity contribution in [2.24, 2.45) is 0 Å². The van der Waals surface area contributed by atoms with Crippen LogP contribution in [-0.2, 0) is 0 Å². The smallest absolute Gasteiger partial charge is 0.329 e. The van der Waals surface area contributed by atoms with Crippen LogP contribution in [0.15, 0.2) is 6.20 Å². The summed E-state index contributed by atoms with van der Waals surface area (Å²) in [7, 11) is 0. The second-order valence-corrected chi connectivity index (χ2v) is 3.14. The van der Waals surface area contributed by atoms with E-state index in [4.69, 9.17) is 5.73 Å². The normalized spacial score (nSPS) is 15.1. The van der Waals surface area contributed by atoms with Crippen LogP contribution < -0.4 is 11.1 Å². The van der Waals surface area contributed by atoms with E-state index >= 15 is 0 Å². The summed E-state index contributed by atoms with van der Waals surface area (Å²) < 4.78 is 0. The first-order chi connectivity index (χ1) is 6.66. The van der Waals surface area contributed by atoms with Gasteiger partial charge in [0.25, 0.3) is 0 Å². The fourth-order valence-electron chi connectivity index (χ4n) is 1.01. The molecule has 0 unspecified atom stereocenters. The average molecular weight is 195 g/mol. The third-order valence-corrected chi connectivity index (χ3v) is 1.91. The zero-order valence-corrected chi connectivity index (χ0v) is 7.30. The van der Waals surface area contributed by atoms with E-state index in [0.717, 1.165) is 19.0 Å². The third-order valence-electron chi connectivity index (χ3n) is 1.91. The first-order valence-corrected chi connectivity index (χ1v) is 4.20. The highest BCUT2D eigenvalue weighted by Gasteiger charge is 2.23. The Bertz CT molecular complexity index is 376. The number of anilines is 2. The van der Waals surface area contributed by atoms with E-state index < -0.39 is 4.92 Å². The minimum Gasteiger partial charge on any atom is -0.378 e. The summed E-state index contributed by atoms with van der Waals surface area (Å²) in [6, 6.07) is 0.399. The van der Waals surface area contributed by atoms with Crippen molar-refractivity contribution >= 4 is 17.5 Å². The lowest BCUT2D eigenvalue weighted by molar-refractivity contribution is -0.384. The summed E-state index contributed by atoms with van der Waals surface area (Å²) >= 11 is 0. The van der Waals surface area contributed by atoms with Crippen molar-refractivity contribution in [3.05, 3.63) is 16.3 Å². The van der Waals surface area contributed by atoms with Gasteiger partial charge in [0.15, 0.2) is 0 Å². The van der Waals surface area contributed by atoms with Crippen LogP contribution in [0.5, 0.6) is 0 Å². The molecule has 0 radical (unpaired) electrons. The van der Waals surface area contributed by atoms with Crippen molar-refractivity contribution in [2.45, 2.75) is 18.9 Å². The molecular formula is C7H9N5O2. The summed E-state index contributed by atoms with van der Waals surface area (Å²) in [6.07, 6.45) is 3.29. The zero-order chi connectivity index (χ0) is 10.1. The van der Waals surface area contributed by atoms with E-state index in [2.05, 4.69) is 15.3 Å². The Hall–Kier alpha value is -1.92. The Morgan fingerprint density at radius 2 is 2.36 bits per heavy atom. The van der Waals surface area contributed by atoms with Crippen LogP contribution in [0.2, 0.25) is 0 Å². The number of rotatable bonds is 3. The van der Waals surface area contributed by atoms with Crippen molar-refractivity contribution in [3.8, 4) is 0 Å². The molecule has 1 fully saturated rings. The molecule has 1 aliphatic carbocycles. The second kappa shape index (κ2) is 3.09. The Labute approximate surface area is 79.5 Å². The summed E-state index contributed by atoms with van der Waals surface area (Å²) in [5, 5.41) is 13.4. The first-order valence-electron chi connectivity index (χ1n) is 4.20. The van der Waals surface area contributed by atoms with Crippen LogP contribution in [-0.4, -0.2) is 20.9 Å². The van der Waals surface area contributed by atoms with Crippen LogP contribution in [0.1, 0.15) is 12.8 Å². The number of hydrogen-bond donors (Lipinski definition) is 2. The van der Waals surface area contributed by atoms with Crippen LogP contribution in [0, 0.1) is 10.1 Å². The lowest BCUT2D eigenvalue weighted by atomic mass is 10.5. The third kappa shape index (κ3) is 1.70. The van der Waals surface area contributed by atoms with Gasteiger partial charge < -0.3 is 11.1 Å². The predicted molar refractivity (Wildman–Crippen MR) is 49.7 cm³/mol. The quantitative estimate of drug-likeness (QED) is 0.538. The lowest BCUT2D eigenvalue weighted by Gasteiger charge is -2.02. The first kappa shape index (κ1) is 8.67. The minimum atomic E-state index is -0.601. The molecule has 1 saturated carbocycles. The predicted octanol–water partition coefficient (Wildman–Crippen LogP) is 0.541. The Morgan fingerprint density at radius 1 is 1.64 bits per heavy atom. The SMILES string of the molecule is Nc1nc(NC2CC2)ncc1[N+](=O)[O-]. The summed E-state index contributed by atoms with van der Waals surface area (Å²) in [5.41, 5.74) is 5.13. The highest BCUT2D eigenvalue weighted by Crippen LogP contribution is 2.24. The number of nitro groups is 1. The molecule has 0 atom stereocenters. The Morgan fingerprint density at radius 3 is 2.86 bits per heavy atom. The van der Waals surface area contributed by atoms with E-state index in [1.54, 1.807) is 0 Å². The number of nitrogen functional groups attached to an aromatic ring is 1.